The van der Waals surface area contributed by atoms with Gasteiger partial charge < -0.3 is 4.90 Å². The summed E-state index contributed by atoms with van der Waals surface area (Å²) in [6.07, 6.45) is 2.12. The number of hydrogen-bond acceptors (Lipinski definition) is 3. The highest BCUT2D eigenvalue weighted by Crippen LogP contribution is 2.30. The monoisotopic (exact) mass is 329 g/mol. The van der Waals surface area contributed by atoms with Crippen LogP contribution in [0.4, 0.5) is 0 Å². The van der Waals surface area contributed by atoms with Crippen LogP contribution in [0.25, 0.3) is 0 Å². The van der Waals surface area contributed by atoms with Gasteiger partial charge in [-0.2, -0.15) is 10.2 Å². The predicted molar refractivity (Wildman–Crippen MR) is 93.0 cm³/mol. The summed E-state index contributed by atoms with van der Waals surface area (Å²) in [5.41, 5.74) is 5.24. The van der Waals surface area contributed by atoms with Gasteiger partial charge in [-0.1, -0.05) is 0 Å². The van der Waals surface area contributed by atoms with E-state index in [1.165, 1.54) is 0 Å². The van der Waals surface area contributed by atoms with Gasteiger partial charge in [0, 0.05) is 43.0 Å². The summed E-state index contributed by atoms with van der Waals surface area (Å²) in [6.45, 7) is 9.62. The van der Waals surface area contributed by atoms with E-state index in [0.29, 0.717) is 5.92 Å². The highest BCUT2D eigenvalue weighted by atomic mass is 16.2. The Balaban J connectivity index is 1.76. The summed E-state index contributed by atoms with van der Waals surface area (Å²) < 4.78 is 1.86. The van der Waals surface area contributed by atoms with Crippen LogP contribution in [0.3, 0.4) is 0 Å². The predicted octanol–water partition coefficient (Wildman–Crippen LogP) is 2.58. The number of carbonyl (C=O) groups excluding carboxylic acids is 1. The number of amides is 1. The van der Waals surface area contributed by atoms with Crippen LogP contribution in [0, 0.1) is 20.8 Å². The molecule has 1 aliphatic heterocycles. The number of carbonyl (C=O) groups is 1. The maximum Gasteiger partial charge on any atom is 0.229 e. The first-order valence-electron chi connectivity index (χ1n) is 8.69. The number of piperidine rings is 1. The van der Waals surface area contributed by atoms with E-state index in [2.05, 4.69) is 21.4 Å². The van der Waals surface area contributed by atoms with Gasteiger partial charge >= 0.3 is 0 Å². The highest BCUT2D eigenvalue weighted by Gasteiger charge is 2.31. The zero-order chi connectivity index (χ0) is 17.4. The lowest BCUT2D eigenvalue weighted by molar-refractivity contribution is -0.133. The Morgan fingerprint density at radius 3 is 2.71 bits per heavy atom. The molecule has 2 atom stereocenters. The average Bonchev–Trinajstić information content (AvgIpc) is 3.10. The molecule has 2 aromatic rings. The molecule has 24 heavy (non-hydrogen) atoms. The average molecular weight is 329 g/mol. The number of H-pyrrole nitrogens is 1. The molecule has 1 saturated heterocycles. The first-order valence-corrected chi connectivity index (χ1v) is 8.69. The fourth-order valence-corrected chi connectivity index (χ4v) is 3.88. The third-order valence-electron chi connectivity index (χ3n) is 5.25. The van der Waals surface area contributed by atoms with Crippen molar-refractivity contribution in [1.29, 1.82) is 0 Å². The van der Waals surface area contributed by atoms with Crippen LogP contribution in [-0.2, 0) is 11.8 Å². The SMILES string of the molecule is Cc1cc([C@@H]2CCCN(C(=O)[C@@H](C)c3c(C)nn(C)c3C)C2)n[nH]1. The van der Waals surface area contributed by atoms with Gasteiger partial charge in [0.1, 0.15) is 0 Å². The third kappa shape index (κ3) is 2.97. The van der Waals surface area contributed by atoms with Crippen LogP contribution in [-0.4, -0.2) is 43.9 Å². The van der Waals surface area contributed by atoms with Gasteiger partial charge in [-0.3, -0.25) is 14.6 Å². The Hall–Kier alpha value is -2.11. The van der Waals surface area contributed by atoms with Crippen molar-refractivity contribution in [2.24, 2.45) is 7.05 Å². The molecule has 0 radical (unpaired) electrons. The molecule has 6 heteroatoms. The number of aromatic nitrogens is 4. The minimum absolute atomic E-state index is 0.154. The smallest absolute Gasteiger partial charge is 0.229 e. The summed E-state index contributed by atoms with van der Waals surface area (Å²) in [5, 5.41) is 11.9. The summed E-state index contributed by atoms with van der Waals surface area (Å²) in [7, 11) is 1.93. The molecule has 0 unspecified atom stereocenters. The largest absolute Gasteiger partial charge is 0.342 e. The first-order chi connectivity index (χ1) is 11.4. The topological polar surface area (TPSA) is 66.8 Å². The molecule has 0 aromatic carbocycles. The quantitative estimate of drug-likeness (QED) is 0.941. The van der Waals surface area contributed by atoms with Crippen LogP contribution >= 0.6 is 0 Å². The zero-order valence-corrected chi connectivity index (χ0v) is 15.3. The van der Waals surface area contributed by atoms with Gasteiger partial charge in [0.15, 0.2) is 0 Å². The second-order valence-electron chi connectivity index (χ2n) is 7.03. The minimum Gasteiger partial charge on any atom is -0.342 e. The van der Waals surface area contributed by atoms with Crippen molar-refractivity contribution in [3.63, 3.8) is 0 Å². The second-order valence-corrected chi connectivity index (χ2v) is 7.03. The lowest BCUT2D eigenvalue weighted by Gasteiger charge is -2.33. The Morgan fingerprint density at radius 2 is 2.12 bits per heavy atom. The number of aryl methyl sites for hydroxylation is 3. The van der Waals surface area contributed by atoms with E-state index in [4.69, 9.17) is 0 Å². The van der Waals surface area contributed by atoms with Crippen molar-refractivity contribution in [3.05, 3.63) is 34.4 Å². The van der Waals surface area contributed by atoms with Crippen LogP contribution < -0.4 is 0 Å². The molecule has 3 heterocycles. The van der Waals surface area contributed by atoms with E-state index in [1.807, 2.05) is 44.3 Å². The fraction of sp³-hybridized carbons (Fsp3) is 0.611. The molecule has 0 aliphatic carbocycles. The molecule has 3 rings (SSSR count). The number of aromatic amines is 1. The van der Waals surface area contributed by atoms with E-state index in [1.54, 1.807) is 0 Å². The standard InChI is InChI=1S/C18H27N5O/c1-11-9-16(20-19-11)15-7-6-8-23(10-15)18(24)12(2)17-13(3)21-22(5)14(17)4/h9,12,15H,6-8,10H2,1-5H3,(H,19,20)/t12-,15+/m0/s1. The summed E-state index contributed by atoms with van der Waals surface area (Å²) in [6, 6.07) is 2.09. The Morgan fingerprint density at radius 1 is 1.38 bits per heavy atom. The van der Waals surface area contributed by atoms with Crippen LogP contribution in [0.1, 0.15) is 59.9 Å². The maximum atomic E-state index is 13.1. The summed E-state index contributed by atoms with van der Waals surface area (Å²) >= 11 is 0. The van der Waals surface area contributed by atoms with Crippen molar-refractivity contribution in [2.45, 2.75) is 52.4 Å². The number of nitrogens with one attached hydrogen (secondary N) is 1. The molecule has 2 aromatic heterocycles. The van der Waals surface area contributed by atoms with Gasteiger partial charge in [-0.25, -0.2) is 0 Å². The van der Waals surface area contributed by atoms with Crippen molar-refractivity contribution < 1.29 is 4.79 Å². The second kappa shape index (κ2) is 6.42. The zero-order valence-electron chi connectivity index (χ0n) is 15.3. The van der Waals surface area contributed by atoms with Crippen molar-refractivity contribution in [2.75, 3.05) is 13.1 Å². The van der Waals surface area contributed by atoms with E-state index in [9.17, 15) is 4.79 Å². The number of nitrogens with zero attached hydrogens (tertiary/aromatic N) is 4. The maximum absolute atomic E-state index is 13.1. The molecule has 130 valence electrons. The van der Waals surface area contributed by atoms with Crippen LogP contribution in [0.5, 0.6) is 0 Å². The number of hydrogen-bond donors (Lipinski definition) is 1. The molecular weight excluding hydrogens is 302 g/mol. The Labute approximate surface area is 143 Å². The molecule has 1 fully saturated rings. The van der Waals surface area contributed by atoms with Gasteiger partial charge in [0.05, 0.1) is 17.3 Å². The number of rotatable bonds is 3. The molecule has 0 spiro atoms. The molecular formula is C18H27N5O. The molecule has 6 nitrogen and oxygen atoms in total. The number of likely N-dealkylation sites (tertiary alicyclic amines) is 1. The Kier molecular flexibility index (Phi) is 4.47. The molecule has 0 saturated carbocycles. The lowest BCUT2D eigenvalue weighted by atomic mass is 9.92. The van der Waals surface area contributed by atoms with E-state index in [-0.39, 0.29) is 11.8 Å². The normalized spacial score (nSPS) is 19.5. The molecule has 1 amide bonds. The van der Waals surface area contributed by atoms with Crippen molar-refractivity contribution in [1.82, 2.24) is 24.9 Å². The summed E-state index contributed by atoms with van der Waals surface area (Å²) in [4.78, 5) is 15.1. The third-order valence-corrected chi connectivity index (χ3v) is 5.25. The summed E-state index contributed by atoms with van der Waals surface area (Å²) in [5.74, 6) is 0.375. The minimum atomic E-state index is -0.154. The van der Waals surface area contributed by atoms with Crippen LogP contribution in [0.2, 0.25) is 0 Å². The molecule has 1 aliphatic rings. The Bertz CT molecular complexity index is 745. The van der Waals surface area contributed by atoms with E-state index < -0.39 is 0 Å². The van der Waals surface area contributed by atoms with Crippen molar-refractivity contribution in [3.8, 4) is 0 Å². The van der Waals surface area contributed by atoms with Gasteiger partial charge in [0.2, 0.25) is 5.91 Å². The van der Waals surface area contributed by atoms with Crippen molar-refractivity contribution >= 4 is 5.91 Å². The first kappa shape index (κ1) is 16.7. The van der Waals surface area contributed by atoms with E-state index >= 15 is 0 Å². The fourth-order valence-electron chi connectivity index (χ4n) is 3.88. The van der Waals surface area contributed by atoms with Crippen LogP contribution in [0.15, 0.2) is 6.07 Å². The van der Waals surface area contributed by atoms with Gasteiger partial charge in [0.25, 0.3) is 0 Å². The lowest BCUT2D eigenvalue weighted by Crippen LogP contribution is -2.41. The highest BCUT2D eigenvalue weighted by molar-refractivity contribution is 5.84. The van der Waals surface area contributed by atoms with Gasteiger partial charge in [-0.05, 0) is 46.6 Å². The van der Waals surface area contributed by atoms with E-state index in [0.717, 1.165) is 54.3 Å². The molecule has 0 bridgehead atoms. The van der Waals surface area contributed by atoms with Gasteiger partial charge in [-0.15, -0.1) is 0 Å². The molecule has 1 N–H and O–H groups in total.